The second-order valence-electron chi connectivity index (χ2n) is 7.51. The Bertz CT molecular complexity index is 1450. The highest BCUT2D eigenvalue weighted by Gasteiger charge is 2.26. The molecule has 1 heterocycles. The molecule has 5 nitrogen and oxygen atoms in total. The lowest BCUT2D eigenvalue weighted by atomic mass is 10.2. The second kappa shape index (κ2) is 11.2. The van der Waals surface area contributed by atoms with Crippen molar-refractivity contribution in [1.29, 1.82) is 0 Å². The molecule has 35 heavy (non-hydrogen) atoms. The molecule has 4 aromatic rings. The zero-order valence-electron chi connectivity index (χ0n) is 18.0. The van der Waals surface area contributed by atoms with Gasteiger partial charge in [-0.05, 0) is 78.4 Å². The van der Waals surface area contributed by atoms with Crippen LogP contribution in [0.25, 0.3) is 0 Å². The number of sulfonamides is 1. The first-order valence-electron chi connectivity index (χ1n) is 10.3. The van der Waals surface area contributed by atoms with Crippen molar-refractivity contribution in [3.8, 4) is 0 Å². The first-order valence-corrected chi connectivity index (χ1v) is 13.2. The minimum atomic E-state index is -3.89. The van der Waals surface area contributed by atoms with Gasteiger partial charge in [0, 0.05) is 16.6 Å². The lowest BCUT2D eigenvalue weighted by Gasteiger charge is -2.22. The van der Waals surface area contributed by atoms with Crippen LogP contribution in [-0.4, -0.2) is 18.9 Å². The zero-order valence-corrected chi connectivity index (χ0v) is 21.9. The van der Waals surface area contributed by atoms with Crippen LogP contribution in [0.1, 0.15) is 17.1 Å². The fourth-order valence-corrected chi connectivity index (χ4v) is 5.18. The molecular formula is C25H18Cl4N2O3S. The van der Waals surface area contributed by atoms with E-state index in [1.165, 1.54) is 28.6 Å². The lowest BCUT2D eigenvalue weighted by molar-refractivity contribution is 0.357. The fourth-order valence-electron chi connectivity index (χ4n) is 3.21. The summed E-state index contributed by atoms with van der Waals surface area (Å²) in [6.45, 7) is 0.0384. The van der Waals surface area contributed by atoms with Gasteiger partial charge in [0.25, 0.3) is 0 Å². The molecule has 0 spiro atoms. The van der Waals surface area contributed by atoms with Crippen molar-refractivity contribution < 1.29 is 12.8 Å². The third kappa shape index (κ3) is 6.67. The van der Waals surface area contributed by atoms with E-state index in [0.29, 0.717) is 42.9 Å². The van der Waals surface area contributed by atoms with E-state index in [4.69, 9.17) is 50.8 Å². The molecule has 0 aliphatic heterocycles. The van der Waals surface area contributed by atoms with Crippen molar-refractivity contribution in [2.45, 2.75) is 18.0 Å². The number of hydrogen-bond acceptors (Lipinski definition) is 4. The summed E-state index contributed by atoms with van der Waals surface area (Å²) in [5, 5.41) is 1.79. The van der Waals surface area contributed by atoms with E-state index in [-0.39, 0.29) is 18.0 Å². The maximum absolute atomic E-state index is 13.5. The van der Waals surface area contributed by atoms with Crippen LogP contribution in [0, 0.1) is 0 Å². The maximum atomic E-state index is 13.5. The molecule has 0 N–H and O–H groups in total. The number of benzene rings is 3. The van der Waals surface area contributed by atoms with E-state index in [0.717, 1.165) is 0 Å². The van der Waals surface area contributed by atoms with Crippen LogP contribution in [0.15, 0.2) is 93.2 Å². The van der Waals surface area contributed by atoms with Crippen LogP contribution in [0.5, 0.6) is 0 Å². The summed E-state index contributed by atoms with van der Waals surface area (Å²) in [6.07, 6.45) is 1.56. The average molecular weight is 568 g/mol. The standard InChI is InChI=1S/C25H18Cl4N2O3S/c26-18-2-6-20(7-3-18)30-14-21-8-9-22(34-21)16-31(15-17-1-12-24(28)25(29)13-17)35(32,33)23-10-4-19(27)5-11-23/h1-14H,15-16H2. The van der Waals surface area contributed by atoms with E-state index in [2.05, 4.69) is 4.99 Å². The highest BCUT2D eigenvalue weighted by Crippen LogP contribution is 2.27. The van der Waals surface area contributed by atoms with E-state index in [1.807, 2.05) is 0 Å². The van der Waals surface area contributed by atoms with Crippen LogP contribution < -0.4 is 0 Å². The molecule has 0 aliphatic carbocycles. The molecule has 180 valence electrons. The molecule has 4 rings (SSSR count). The summed E-state index contributed by atoms with van der Waals surface area (Å²) >= 11 is 24.0. The van der Waals surface area contributed by atoms with Crippen LogP contribution in [-0.2, 0) is 23.1 Å². The monoisotopic (exact) mass is 566 g/mol. The molecule has 0 fully saturated rings. The molecule has 0 saturated heterocycles. The first-order chi connectivity index (χ1) is 16.7. The van der Waals surface area contributed by atoms with Gasteiger partial charge in [-0.1, -0.05) is 52.5 Å². The van der Waals surface area contributed by atoms with Gasteiger partial charge in [-0.25, -0.2) is 8.42 Å². The molecule has 3 aromatic carbocycles. The Balaban J connectivity index is 1.60. The fraction of sp³-hybridized carbons (Fsp3) is 0.0800. The smallest absolute Gasteiger partial charge is 0.243 e. The summed E-state index contributed by atoms with van der Waals surface area (Å²) in [6, 6.07) is 21.5. The molecule has 0 bridgehead atoms. The summed E-state index contributed by atoms with van der Waals surface area (Å²) in [7, 11) is -3.89. The van der Waals surface area contributed by atoms with Gasteiger partial charge in [0.2, 0.25) is 10.0 Å². The van der Waals surface area contributed by atoms with Crippen molar-refractivity contribution >= 4 is 68.3 Å². The second-order valence-corrected chi connectivity index (χ2v) is 11.1. The molecule has 1 aromatic heterocycles. The van der Waals surface area contributed by atoms with E-state index < -0.39 is 10.0 Å². The Hall–Kier alpha value is -2.32. The highest BCUT2D eigenvalue weighted by atomic mass is 35.5. The van der Waals surface area contributed by atoms with Gasteiger partial charge >= 0.3 is 0 Å². The van der Waals surface area contributed by atoms with E-state index in [1.54, 1.807) is 60.8 Å². The van der Waals surface area contributed by atoms with Crippen molar-refractivity contribution in [3.05, 3.63) is 116 Å². The third-order valence-electron chi connectivity index (χ3n) is 4.98. The van der Waals surface area contributed by atoms with Crippen molar-refractivity contribution in [1.82, 2.24) is 4.31 Å². The summed E-state index contributed by atoms with van der Waals surface area (Å²) in [5.74, 6) is 0.925. The molecule has 0 unspecified atom stereocenters. The Morgan fingerprint density at radius 1 is 0.771 bits per heavy atom. The van der Waals surface area contributed by atoms with Gasteiger partial charge in [-0.3, -0.25) is 4.99 Å². The van der Waals surface area contributed by atoms with Gasteiger partial charge in [-0.2, -0.15) is 4.31 Å². The lowest BCUT2D eigenvalue weighted by Crippen LogP contribution is -2.30. The molecule has 0 saturated carbocycles. The number of nitrogens with zero attached hydrogens (tertiary/aromatic N) is 2. The average Bonchev–Trinajstić information content (AvgIpc) is 3.28. The first kappa shape index (κ1) is 25.8. The SMILES string of the molecule is O=S(=O)(c1ccc(Cl)cc1)N(Cc1ccc(Cl)c(Cl)c1)Cc1ccc(C=Nc2ccc(Cl)cc2)o1. The van der Waals surface area contributed by atoms with Crippen LogP contribution in [0.3, 0.4) is 0 Å². The summed E-state index contributed by atoms with van der Waals surface area (Å²) in [4.78, 5) is 4.46. The Kier molecular flexibility index (Phi) is 8.22. The van der Waals surface area contributed by atoms with Gasteiger partial charge < -0.3 is 4.42 Å². The molecular weight excluding hydrogens is 550 g/mol. The van der Waals surface area contributed by atoms with Crippen LogP contribution in [0.2, 0.25) is 20.1 Å². The number of furan rings is 1. The number of halogens is 4. The largest absolute Gasteiger partial charge is 0.459 e. The Labute approximate surface area is 223 Å². The van der Waals surface area contributed by atoms with Crippen LogP contribution in [0.4, 0.5) is 5.69 Å². The number of rotatable bonds is 8. The van der Waals surface area contributed by atoms with E-state index >= 15 is 0 Å². The molecule has 0 aliphatic rings. The van der Waals surface area contributed by atoms with Crippen LogP contribution >= 0.6 is 46.4 Å². The minimum absolute atomic E-state index is 0.0139. The quantitative estimate of drug-likeness (QED) is 0.202. The van der Waals surface area contributed by atoms with E-state index in [9.17, 15) is 8.42 Å². The highest BCUT2D eigenvalue weighted by molar-refractivity contribution is 7.89. The van der Waals surface area contributed by atoms with Gasteiger partial charge in [0.1, 0.15) is 11.5 Å². The van der Waals surface area contributed by atoms with Gasteiger partial charge in [-0.15, -0.1) is 0 Å². The molecule has 0 atom stereocenters. The molecule has 10 heteroatoms. The normalized spacial score (nSPS) is 12.0. The molecule has 0 amide bonds. The maximum Gasteiger partial charge on any atom is 0.243 e. The van der Waals surface area contributed by atoms with Gasteiger partial charge in [0.05, 0.1) is 33.4 Å². The number of aliphatic imine (C=N–C) groups is 1. The predicted octanol–water partition coefficient (Wildman–Crippen LogP) is 8.03. The third-order valence-corrected chi connectivity index (χ3v) is 8.03. The van der Waals surface area contributed by atoms with Crippen molar-refractivity contribution in [3.63, 3.8) is 0 Å². The molecule has 0 radical (unpaired) electrons. The Morgan fingerprint density at radius 3 is 2.09 bits per heavy atom. The summed E-state index contributed by atoms with van der Waals surface area (Å²) in [5.41, 5.74) is 1.38. The predicted molar refractivity (Wildman–Crippen MR) is 142 cm³/mol. The zero-order chi connectivity index (χ0) is 25.0. The van der Waals surface area contributed by atoms with Crippen molar-refractivity contribution in [2.75, 3.05) is 0 Å². The Morgan fingerprint density at radius 2 is 1.43 bits per heavy atom. The topological polar surface area (TPSA) is 62.9 Å². The summed E-state index contributed by atoms with van der Waals surface area (Å²) < 4.78 is 34.1. The minimum Gasteiger partial charge on any atom is -0.459 e. The van der Waals surface area contributed by atoms with Gasteiger partial charge in [0.15, 0.2) is 0 Å². The number of hydrogen-bond donors (Lipinski definition) is 0. The van der Waals surface area contributed by atoms with Crippen molar-refractivity contribution in [2.24, 2.45) is 4.99 Å².